The standard InChI is InChI=1S/C20H13ClFN9/c21-14-7-12(5-6-15(14)22)27-20-26-10-13(11-8-24-19(23)25-9-11)18(28-20)31-17-4-2-1-3-16(17)29-30-31/h1-10H,(H2,23,24,25)(H,26,27,28). The van der Waals surface area contributed by atoms with Gasteiger partial charge in [0.05, 0.1) is 10.5 Å². The van der Waals surface area contributed by atoms with Crippen molar-refractivity contribution in [2.45, 2.75) is 0 Å². The van der Waals surface area contributed by atoms with Crippen molar-refractivity contribution in [3.63, 3.8) is 0 Å². The monoisotopic (exact) mass is 433 g/mol. The molecule has 0 unspecified atom stereocenters. The lowest BCUT2D eigenvalue weighted by Crippen LogP contribution is -2.07. The van der Waals surface area contributed by atoms with Gasteiger partial charge in [0.15, 0.2) is 5.82 Å². The molecular weight excluding hydrogens is 421 g/mol. The molecule has 0 saturated carbocycles. The zero-order valence-corrected chi connectivity index (χ0v) is 16.5. The van der Waals surface area contributed by atoms with Crippen LogP contribution in [0.4, 0.5) is 22.0 Å². The number of fused-ring (bicyclic) bond motifs is 1. The normalized spacial score (nSPS) is 11.0. The van der Waals surface area contributed by atoms with Crippen molar-refractivity contribution in [3.8, 4) is 16.9 Å². The minimum atomic E-state index is -0.512. The molecule has 0 bridgehead atoms. The molecule has 0 aliphatic carbocycles. The minimum absolute atomic E-state index is 0.0110. The number of hydrogen-bond donors (Lipinski definition) is 2. The third-order valence-electron chi connectivity index (χ3n) is 4.48. The van der Waals surface area contributed by atoms with Crippen molar-refractivity contribution in [3.05, 3.63) is 71.9 Å². The zero-order valence-electron chi connectivity index (χ0n) is 15.7. The second kappa shape index (κ2) is 7.58. The molecule has 3 N–H and O–H groups in total. The van der Waals surface area contributed by atoms with Gasteiger partial charge in [0.25, 0.3) is 0 Å². The highest BCUT2D eigenvalue weighted by Gasteiger charge is 2.16. The van der Waals surface area contributed by atoms with E-state index in [2.05, 4.69) is 35.6 Å². The number of para-hydroxylation sites is 1. The van der Waals surface area contributed by atoms with E-state index in [1.807, 2.05) is 24.3 Å². The second-order valence-corrected chi connectivity index (χ2v) is 6.91. The minimum Gasteiger partial charge on any atom is -0.368 e. The Morgan fingerprint density at radius 3 is 2.61 bits per heavy atom. The van der Waals surface area contributed by atoms with Crippen LogP contribution in [0.3, 0.4) is 0 Å². The van der Waals surface area contributed by atoms with Gasteiger partial charge in [0.2, 0.25) is 11.9 Å². The van der Waals surface area contributed by atoms with Crippen LogP contribution in [0.2, 0.25) is 5.02 Å². The topological polar surface area (TPSA) is 120 Å². The molecule has 0 atom stereocenters. The summed E-state index contributed by atoms with van der Waals surface area (Å²) in [5, 5.41) is 11.5. The van der Waals surface area contributed by atoms with Crippen molar-refractivity contribution < 1.29 is 4.39 Å². The maximum Gasteiger partial charge on any atom is 0.229 e. The SMILES string of the molecule is Nc1ncc(-c2cnc(Nc3ccc(F)c(Cl)c3)nc2-n2nnc3ccccc32)cn1. The molecule has 0 fully saturated rings. The van der Waals surface area contributed by atoms with Gasteiger partial charge in [0.1, 0.15) is 11.3 Å². The van der Waals surface area contributed by atoms with Gasteiger partial charge in [-0.3, -0.25) is 0 Å². The highest BCUT2D eigenvalue weighted by Crippen LogP contribution is 2.28. The van der Waals surface area contributed by atoms with E-state index >= 15 is 0 Å². The van der Waals surface area contributed by atoms with Crippen molar-refractivity contribution >= 4 is 40.2 Å². The predicted octanol–water partition coefficient (Wildman–Crippen LogP) is 3.79. The lowest BCUT2D eigenvalue weighted by atomic mass is 10.1. The number of nitrogens with one attached hydrogen (secondary N) is 1. The summed E-state index contributed by atoms with van der Waals surface area (Å²) < 4.78 is 15.1. The molecule has 3 aromatic heterocycles. The Hall–Kier alpha value is -4.18. The summed E-state index contributed by atoms with van der Waals surface area (Å²) >= 11 is 5.87. The Bertz CT molecular complexity index is 1400. The third-order valence-corrected chi connectivity index (χ3v) is 4.77. The van der Waals surface area contributed by atoms with E-state index in [1.165, 1.54) is 18.2 Å². The lowest BCUT2D eigenvalue weighted by molar-refractivity contribution is 0.628. The molecule has 11 heteroatoms. The summed E-state index contributed by atoms with van der Waals surface area (Å²) in [6.07, 6.45) is 4.77. The smallest absolute Gasteiger partial charge is 0.229 e. The van der Waals surface area contributed by atoms with E-state index in [-0.39, 0.29) is 16.9 Å². The molecule has 0 saturated heterocycles. The van der Waals surface area contributed by atoms with E-state index in [9.17, 15) is 4.39 Å². The average molecular weight is 434 g/mol. The second-order valence-electron chi connectivity index (χ2n) is 6.50. The van der Waals surface area contributed by atoms with E-state index < -0.39 is 5.82 Å². The number of hydrogen-bond acceptors (Lipinski definition) is 8. The number of nitrogen functional groups attached to an aromatic ring is 1. The molecule has 0 spiro atoms. The fourth-order valence-electron chi connectivity index (χ4n) is 3.00. The number of halogens is 2. The van der Waals surface area contributed by atoms with Gasteiger partial charge in [-0.1, -0.05) is 28.9 Å². The molecule has 152 valence electrons. The number of anilines is 3. The Kier molecular flexibility index (Phi) is 4.60. The quantitative estimate of drug-likeness (QED) is 0.439. The van der Waals surface area contributed by atoms with Crippen LogP contribution in [0.5, 0.6) is 0 Å². The van der Waals surface area contributed by atoms with Gasteiger partial charge in [-0.05, 0) is 30.3 Å². The van der Waals surface area contributed by atoms with Gasteiger partial charge < -0.3 is 11.1 Å². The Morgan fingerprint density at radius 1 is 1.00 bits per heavy atom. The average Bonchev–Trinajstić information content (AvgIpc) is 3.21. The van der Waals surface area contributed by atoms with Gasteiger partial charge in [-0.15, -0.1) is 5.10 Å². The number of benzene rings is 2. The van der Waals surface area contributed by atoms with Crippen LogP contribution in [-0.2, 0) is 0 Å². The molecule has 3 heterocycles. The Balaban J connectivity index is 1.65. The van der Waals surface area contributed by atoms with Crippen molar-refractivity contribution in [1.29, 1.82) is 0 Å². The highest BCUT2D eigenvalue weighted by atomic mass is 35.5. The summed E-state index contributed by atoms with van der Waals surface area (Å²) in [4.78, 5) is 17.1. The fraction of sp³-hybridized carbons (Fsp3) is 0. The lowest BCUT2D eigenvalue weighted by Gasteiger charge is -2.12. The first-order valence-electron chi connectivity index (χ1n) is 9.06. The summed E-state index contributed by atoms with van der Waals surface area (Å²) in [6.45, 7) is 0. The van der Waals surface area contributed by atoms with E-state index in [1.54, 1.807) is 23.3 Å². The number of nitrogens with two attached hydrogens (primary N) is 1. The summed E-state index contributed by atoms with van der Waals surface area (Å²) in [7, 11) is 0. The number of nitrogens with zero attached hydrogens (tertiary/aromatic N) is 7. The van der Waals surface area contributed by atoms with Crippen LogP contribution >= 0.6 is 11.6 Å². The van der Waals surface area contributed by atoms with Crippen LogP contribution in [0.25, 0.3) is 28.0 Å². The molecule has 5 aromatic rings. The molecular formula is C20H13ClFN9. The molecule has 9 nitrogen and oxygen atoms in total. The Morgan fingerprint density at radius 2 is 1.81 bits per heavy atom. The molecule has 2 aromatic carbocycles. The van der Waals surface area contributed by atoms with E-state index in [0.29, 0.717) is 28.1 Å². The van der Waals surface area contributed by atoms with Crippen LogP contribution in [0.1, 0.15) is 0 Å². The van der Waals surface area contributed by atoms with Crippen LogP contribution in [0.15, 0.2) is 61.1 Å². The largest absolute Gasteiger partial charge is 0.368 e. The van der Waals surface area contributed by atoms with Gasteiger partial charge in [0, 0.05) is 35.4 Å². The van der Waals surface area contributed by atoms with Gasteiger partial charge >= 0.3 is 0 Å². The fourth-order valence-corrected chi connectivity index (χ4v) is 3.18. The van der Waals surface area contributed by atoms with Crippen LogP contribution < -0.4 is 11.1 Å². The summed E-state index contributed by atoms with van der Waals surface area (Å²) in [5.74, 6) is 0.357. The van der Waals surface area contributed by atoms with Crippen molar-refractivity contribution in [2.75, 3.05) is 11.1 Å². The molecule has 5 rings (SSSR count). The summed E-state index contributed by atoms with van der Waals surface area (Å²) in [5.41, 5.74) is 8.89. The third kappa shape index (κ3) is 3.60. The van der Waals surface area contributed by atoms with Crippen LogP contribution in [0, 0.1) is 5.82 Å². The summed E-state index contributed by atoms with van der Waals surface area (Å²) in [6, 6.07) is 11.7. The Labute approximate surface area is 179 Å². The molecule has 0 radical (unpaired) electrons. The maximum absolute atomic E-state index is 13.5. The molecule has 0 aliphatic rings. The predicted molar refractivity (Wildman–Crippen MR) is 115 cm³/mol. The van der Waals surface area contributed by atoms with Gasteiger partial charge in [-0.25, -0.2) is 19.3 Å². The van der Waals surface area contributed by atoms with E-state index in [4.69, 9.17) is 17.3 Å². The zero-order chi connectivity index (χ0) is 21.4. The van der Waals surface area contributed by atoms with Crippen molar-refractivity contribution in [2.24, 2.45) is 0 Å². The number of aromatic nitrogens is 7. The first-order valence-corrected chi connectivity index (χ1v) is 9.44. The van der Waals surface area contributed by atoms with Gasteiger partial charge in [-0.2, -0.15) is 9.67 Å². The molecule has 0 aliphatic heterocycles. The first-order chi connectivity index (χ1) is 15.1. The highest BCUT2D eigenvalue weighted by molar-refractivity contribution is 6.31. The van der Waals surface area contributed by atoms with Crippen molar-refractivity contribution in [1.82, 2.24) is 34.9 Å². The first kappa shape index (κ1) is 18.8. The molecule has 31 heavy (non-hydrogen) atoms. The van der Waals surface area contributed by atoms with Crippen LogP contribution in [-0.4, -0.2) is 34.9 Å². The maximum atomic E-state index is 13.5. The van der Waals surface area contributed by atoms with E-state index in [0.717, 1.165) is 5.52 Å². The molecule has 0 amide bonds. The number of rotatable bonds is 4.